The van der Waals surface area contributed by atoms with E-state index in [0.29, 0.717) is 29.3 Å². The largest absolute Gasteiger partial charge is 0.497 e. The van der Waals surface area contributed by atoms with E-state index in [2.05, 4.69) is 10.3 Å². The highest BCUT2D eigenvalue weighted by Gasteiger charge is 2.19. The van der Waals surface area contributed by atoms with Crippen molar-refractivity contribution in [3.05, 3.63) is 63.6 Å². The Kier molecular flexibility index (Phi) is 5.42. The van der Waals surface area contributed by atoms with Crippen molar-refractivity contribution in [1.82, 2.24) is 9.97 Å². The van der Waals surface area contributed by atoms with Gasteiger partial charge in [0.1, 0.15) is 11.6 Å². The number of rotatable bonds is 6. The Morgan fingerprint density at radius 2 is 1.84 bits per heavy atom. The van der Waals surface area contributed by atoms with Crippen LogP contribution in [0, 0.1) is 6.92 Å². The molecule has 0 aliphatic carbocycles. The number of pyridine rings is 2. The molecule has 0 saturated carbocycles. The summed E-state index contributed by atoms with van der Waals surface area (Å²) in [5, 5.41) is 5.75. The summed E-state index contributed by atoms with van der Waals surface area (Å²) in [4.78, 5) is 20.8. The maximum absolute atomic E-state index is 13.1. The fourth-order valence-corrected chi connectivity index (χ4v) is 4.00. The molecule has 0 amide bonds. The van der Waals surface area contributed by atoms with Crippen molar-refractivity contribution >= 4 is 27.5 Å². The van der Waals surface area contributed by atoms with Crippen LogP contribution in [0.4, 0.5) is 5.82 Å². The average molecular weight is 419 g/mol. The molecule has 0 aliphatic heterocycles. The monoisotopic (exact) mass is 419 g/mol. The molecule has 0 saturated heterocycles. The SMILES string of the molecule is CNc1nc2ccc(OC)cc2cc1Cc1c(=O)[nH]c(C)c2ccc(OC)c(OC)c12. The Labute approximate surface area is 180 Å². The Balaban J connectivity index is 1.98. The van der Waals surface area contributed by atoms with E-state index in [-0.39, 0.29) is 5.56 Å². The molecular weight excluding hydrogens is 394 g/mol. The van der Waals surface area contributed by atoms with Gasteiger partial charge in [-0.05, 0) is 48.9 Å². The minimum atomic E-state index is -0.163. The predicted octanol–water partition coefficient (Wildman–Crippen LogP) is 4.04. The van der Waals surface area contributed by atoms with Gasteiger partial charge >= 0.3 is 0 Å². The number of fused-ring (bicyclic) bond motifs is 2. The van der Waals surface area contributed by atoms with Gasteiger partial charge in [-0.2, -0.15) is 0 Å². The topological polar surface area (TPSA) is 85.5 Å². The second-order valence-corrected chi connectivity index (χ2v) is 7.26. The van der Waals surface area contributed by atoms with Crippen LogP contribution in [0.2, 0.25) is 0 Å². The number of aromatic amines is 1. The van der Waals surface area contributed by atoms with Crippen LogP contribution in [-0.2, 0) is 6.42 Å². The van der Waals surface area contributed by atoms with Gasteiger partial charge in [0.15, 0.2) is 11.5 Å². The lowest BCUT2D eigenvalue weighted by molar-refractivity contribution is 0.358. The van der Waals surface area contributed by atoms with Gasteiger partial charge in [0, 0.05) is 40.9 Å². The summed E-state index contributed by atoms with van der Waals surface area (Å²) in [7, 11) is 6.63. The van der Waals surface area contributed by atoms with Crippen molar-refractivity contribution in [1.29, 1.82) is 0 Å². The molecule has 2 aromatic carbocycles. The lowest BCUT2D eigenvalue weighted by atomic mass is 9.97. The van der Waals surface area contributed by atoms with Gasteiger partial charge in [0.05, 0.1) is 26.8 Å². The van der Waals surface area contributed by atoms with Crippen molar-refractivity contribution in [2.45, 2.75) is 13.3 Å². The van der Waals surface area contributed by atoms with Crippen molar-refractivity contribution < 1.29 is 14.2 Å². The first-order valence-corrected chi connectivity index (χ1v) is 9.92. The number of benzene rings is 2. The minimum Gasteiger partial charge on any atom is -0.497 e. The number of aryl methyl sites for hydroxylation is 1. The van der Waals surface area contributed by atoms with Crippen LogP contribution in [0.15, 0.2) is 41.2 Å². The molecule has 4 rings (SSSR count). The van der Waals surface area contributed by atoms with Crippen LogP contribution >= 0.6 is 0 Å². The third kappa shape index (κ3) is 3.52. The number of anilines is 1. The molecule has 2 heterocycles. The fourth-order valence-electron chi connectivity index (χ4n) is 4.00. The second-order valence-electron chi connectivity index (χ2n) is 7.26. The van der Waals surface area contributed by atoms with Gasteiger partial charge in [-0.25, -0.2) is 4.98 Å². The van der Waals surface area contributed by atoms with E-state index in [1.165, 1.54) is 0 Å². The normalized spacial score (nSPS) is 11.0. The van der Waals surface area contributed by atoms with E-state index in [1.807, 2.05) is 50.4 Å². The summed E-state index contributed by atoms with van der Waals surface area (Å²) in [5.74, 6) is 2.59. The Bertz CT molecular complexity index is 1340. The third-order valence-electron chi connectivity index (χ3n) is 5.53. The van der Waals surface area contributed by atoms with E-state index in [9.17, 15) is 4.79 Å². The van der Waals surface area contributed by atoms with E-state index < -0.39 is 0 Å². The Hall–Kier alpha value is -3.74. The van der Waals surface area contributed by atoms with Crippen LogP contribution in [0.3, 0.4) is 0 Å². The lowest BCUT2D eigenvalue weighted by Gasteiger charge is -2.16. The molecule has 0 atom stereocenters. The van der Waals surface area contributed by atoms with E-state index >= 15 is 0 Å². The minimum absolute atomic E-state index is 0.163. The zero-order valence-electron chi connectivity index (χ0n) is 18.3. The number of hydrogen-bond donors (Lipinski definition) is 2. The maximum Gasteiger partial charge on any atom is 0.252 e. The highest BCUT2D eigenvalue weighted by atomic mass is 16.5. The molecular formula is C24H25N3O4. The smallest absolute Gasteiger partial charge is 0.252 e. The average Bonchev–Trinajstić information content (AvgIpc) is 2.79. The summed E-state index contributed by atoms with van der Waals surface area (Å²) < 4.78 is 16.5. The lowest BCUT2D eigenvalue weighted by Crippen LogP contribution is -2.16. The molecule has 160 valence electrons. The number of ether oxygens (including phenoxy) is 3. The van der Waals surface area contributed by atoms with Gasteiger partial charge in [-0.15, -0.1) is 0 Å². The highest BCUT2D eigenvalue weighted by Crippen LogP contribution is 2.38. The van der Waals surface area contributed by atoms with Crippen LogP contribution in [0.25, 0.3) is 21.7 Å². The van der Waals surface area contributed by atoms with Gasteiger partial charge in [0.25, 0.3) is 5.56 Å². The molecule has 0 spiro atoms. The first-order chi connectivity index (χ1) is 15.0. The van der Waals surface area contributed by atoms with E-state index in [4.69, 9.17) is 19.2 Å². The molecule has 2 aromatic heterocycles. The van der Waals surface area contributed by atoms with Gasteiger partial charge in [0.2, 0.25) is 0 Å². The molecule has 0 fully saturated rings. The zero-order valence-corrected chi connectivity index (χ0v) is 18.3. The predicted molar refractivity (Wildman–Crippen MR) is 123 cm³/mol. The summed E-state index contributed by atoms with van der Waals surface area (Å²) in [6.07, 6.45) is 0.367. The number of nitrogens with zero attached hydrogens (tertiary/aromatic N) is 1. The molecule has 0 aliphatic rings. The number of aromatic nitrogens is 2. The van der Waals surface area contributed by atoms with Gasteiger partial charge in [-0.3, -0.25) is 4.79 Å². The number of hydrogen-bond acceptors (Lipinski definition) is 6. The van der Waals surface area contributed by atoms with Gasteiger partial charge < -0.3 is 24.5 Å². The van der Waals surface area contributed by atoms with Crippen LogP contribution in [-0.4, -0.2) is 38.3 Å². The second kappa shape index (κ2) is 8.18. The standard InChI is InChI=1S/C24H25N3O4/c1-13-17-7-9-20(30-4)22(31-5)21(17)18(24(28)26-13)12-15-10-14-11-16(29-3)6-8-19(14)27-23(15)25-2/h6-11H,12H2,1-5H3,(H,25,27)(H,26,28). The summed E-state index contributed by atoms with van der Waals surface area (Å²) >= 11 is 0. The first kappa shape index (κ1) is 20.5. The summed E-state index contributed by atoms with van der Waals surface area (Å²) in [5.41, 5.74) is 2.95. The molecule has 0 radical (unpaired) electrons. The molecule has 7 heteroatoms. The van der Waals surface area contributed by atoms with Crippen LogP contribution < -0.4 is 25.1 Å². The first-order valence-electron chi connectivity index (χ1n) is 9.92. The zero-order chi connectivity index (χ0) is 22.1. The van der Waals surface area contributed by atoms with Crippen molar-refractivity contribution in [3.8, 4) is 17.2 Å². The van der Waals surface area contributed by atoms with Crippen LogP contribution in [0.5, 0.6) is 17.2 Å². The third-order valence-corrected chi connectivity index (χ3v) is 5.53. The molecule has 0 bridgehead atoms. The van der Waals surface area contributed by atoms with E-state index in [1.54, 1.807) is 21.3 Å². The van der Waals surface area contributed by atoms with Crippen LogP contribution in [0.1, 0.15) is 16.8 Å². The maximum atomic E-state index is 13.1. The van der Waals surface area contributed by atoms with Crippen molar-refractivity contribution in [3.63, 3.8) is 0 Å². The number of H-pyrrole nitrogens is 1. The molecule has 7 nitrogen and oxygen atoms in total. The Morgan fingerprint density at radius 1 is 1.03 bits per heavy atom. The summed E-state index contributed by atoms with van der Waals surface area (Å²) in [6.45, 7) is 1.88. The Morgan fingerprint density at radius 3 is 2.52 bits per heavy atom. The molecule has 0 unspecified atom stereocenters. The fraction of sp³-hybridized carbons (Fsp3) is 0.250. The van der Waals surface area contributed by atoms with Crippen molar-refractivity contribution in [2.75, 3.05) is 33.7 Å². The number of methoxy groups -OCH3 is 3. The number of nitrogens with one attached hydrogen (secondary N) is 2. The quantitative estimate of drug-likeness (QED) is 0.491. The summed E-state index contributed by atoms with van der Waals surface area (Å²) in [6, 6.07) is 11.6. The van der Waals surface area contributed by atoms with Crippen molar-refractivity contribution in [2.24, 2.45) is 0 Å². The molecule has 31 heavy (non-hydrogen) atoms. The molecule has 4 aromatic rings. The van der Waals surface area contributed by atoms with E-state index in [0.717, 1.165) is 38.7 Å². The highest BCUT2D eigenvalue weighted by molar-refractivity contribution is 5.95. The molecule has 2 N–H and O–H groups in total. The van der Waals surface area contributed by atoms with Gasteiger partial charge in [-0.1, -0.05) is 0 Å².